The topological polar surface area (TPSA) is 3.24 Å². The Labute approximate surface area is 378 Å². The van der Waals surface area contributed by atoms with Gasteiger partial charge in [-0.1, -0.05) is 200 Å². The van der Waals surface area contributed by atoms with Crippen molar-refractivity contribution < 1.29 is 0 Å². The third kappa shape index (κ3) is 6.21. The fraction of sp³-hybridized carbons (Fsp3) is 0.0323. The molecule has 1 unspecified atom stereocenters. The lowest BCUT2D eigenvalue weighted by atomic mass is 9.74. The van der Waals surface area contributed by atoms with Crippen molar-refractivity contribution in [2.75, 3.05) is 4.90 Å². The predicted octanol–water partition coefficient (Wildman–Crippen LogP) is 17.5. The maximum atomic E-state index is 2.47. The van der Waals surface area contributed by atoms with Gasteiger partial charge in [-0.2, -0.15) is 0 Å². The Morgan fingerprint density at radius 2 is 0.859 bits per heavy atom. The average molecular weight is 834 g/mol. The first-order valence-corrected chi connectivity index (χ1v) is 22.9. The van der Waals surface area contributed by atoms with Crippen molar-refractivity contribution >= 4 is 48.6 Å². The zero-order chi connectivity index (χ0) is 42.6. The summed E-state index contributed by atoms with van der Waals surface area (Å²) in [5, 5.41) is 2.64. The molecule has 0 radical (unpaired) electrons. The van der Waals surface area contributed by atoms with Crippen molar-refractivity contribution in [3.8, 4) is 55.6 Å². The molecule has 12 rings (SSSR count). The molecule has 0 spiro atoms. The van der Waals surface area contributed by atoms with Gasteiger partial charge in [-0.15, -0.1) is 11.3 Å². The van der Waals surface area contributed by atoms with E-state index in [1.807, 2.05) is 11.3 Å². The first-order chi connectivity index (χ1) is 31.6. The number of para-hydroxylation sites is 1. The number of fused-ring (bicyclic) bond motifs is 6. The van der Waals surface area contributed by atoms with E-state index < -0.39 is 0 Å². The van der Waals surface area contributed by atoms with Crippen molar-refractivity contribution in [3.05, 3.63) is 259 Å². The van der Waals surface area contributed by atoms with E-state index in [2.05, 4.69) is 254 Å². The van der Waals surface area contributed by atoms with Crippen LogP contribution < -0.4 is 4.90 Å². The van der Waals surface area contributed by atoms with Crippen molar-refractivity contribution in [2.45, 2.75) is 12.3 Å². The van der Waals surface area contributed by atoms with Crippen LogP contribution in [0.3, 0.4) is 0 Å². The van der Waals surface area contributed by atoms with Gasteiger partial charge in [-0.05, 0) is 116 Å². The Morgan fingerprint density at radius 3 is 1.62 bits per heavy atom. The highest BCUT2D eigenvalue weighted by Crippen LogP contribution is 2.54. The standard InChI is InChI=1S/C62H43NS/c1-62(45-20-6-3-7-21-45)57-29-15-12-26-52(57)56-41-47(37-39-58(56)62)63(46-35-32-42(33-36-46)44-34-38-55-54-28-14-17-31-60(54)64-61(55)40-44)59-30-16-13-27-53(59)51-25-11-10-24-50(51)49-23-9-8-22-48(49)43-18-4-2-5-19-43/h2-41H,1H3. The van der Waals surface area contributed by atoms with Crippen LogP contribution in [0.4, 0.5) is 17.1 Å². The number of hydrogen-bond acceptors (Lipinski definition) is 2. The number of hydrogen-bond donors (Lipinski definition) is 0. The quantitative estimate of drug-likeness (QED) is 0.147. The molecule has 0 amide bonds. The highest BCUT2D eigenvalue weighted by molar-refractivity contribution is 7.25. The van der Waals surface area contributed by atoms with Crippen LogP contribution in [0.2, 0.25) is 0 Å². The van der Waals surface area contributed by atoms with Gasteiger partial charge in [0.05, 0.1) is 5.69 Å². The Kier molecular flexibility index (Phi) is 9.21. The maximum absolute atomic E-state index is 2.47. The molecule has 1 aromatic heterocycles. The van der Waals surface area contributed by atoms with E-state index in [-0.39, 0.29) is 5.41 Å². The number of thiophene rings is 1. The minimum absolute atomic E-state index is 0.281. The smallest absolute Gasteiger partial charge is 0.0540 e. The van der Waals surface area contributed by atoms with E-state index in [9.17, 15) is 0 Å². The molecule has 0 saturated carbocycles. The summed E-state index contributed by atoms with van der Waals surface area (Å²) < 4.78 is 2.64. The van der Waals surface area contributed by atoms with Crippen LogP contribution in [0.25, 0.3) is 75.8 Å². The third-order valence-corrected chi connectivity index (χ3v) is 14.5. The summed E-state index contributed by atoms with van der Waals surface area (Å²) in [4.78, 5) is 2.47. The molecule has 1 aliphatic carbocycles. The van der Waals surface area contributed by atoms with Crippen LogP contribution in [0.1, 0.15) is 23.6 Å². The number of nitrogens with zero attached hydrogens (tertiary/aromatic N) is 1. The number of benzene rings is 10. The zero-order valence-electron chi connectivity index (χ0n) is 35.4. The molecular formula is C62H43NS. The summed E-state index contributed by atoms with van der Waals surface area (Å²) >= 11 is 1.87. The number of rotatable bonds is 8. The highest BCUT2D eigenvalue weighted by atomic mass is 32.1. The second-order valence-electron chi connectivity index (χ2n) is 16.9. The zero-order valence-corrected chi connectivity index (χ0v) is 36.3. The van der Waals surface area contributed by atoms with E-state index in [4.69, 9.17) is 0 Å². The van der Waals surface area contributed by atoms with Crippen molar-refractivity contribution in [1.82, 2.24) is 0 Å². The molecule has 10 aromatic carbocycles. The highest BCUT2D eigenvalue weighted by Gasteiger charge is 2.41. The maximum Gasteiger partial charge on any atom is 0.0540 e. The van der Waals surface area contributed by atoms with Gasteiger partial charge in [0.1, 0.15) is 0 Å². The van der Waals surface area contributed by atoms with E-state index in [1.165, 1.54) is 86.9 Å². The van der Waals surface area contributed by atoms with Gasteiger partial charge in [0.25, 0.3) is 0 Å². The van der Waals surface area contributed by atoms with Crippen molar-refractivity contribution in [2.24, 2.45) is 0 Å². The van der Waals surface area contributed by atoms with Gasteiger partial charge in [0.15, 0.2) is 0 Å². The molecule has 11 aromatic rings. The molecule has 1 atom stereocenters. The first-order valence-electron chi connectivity index (χ1n) is 22.1. The van der Waals surface area contributed by atoms with Crippen LogP contribution >= 0.6 is 11.3 Å². The Morgan fingerprint density at radius 1 is 0.328 bits per heavy atom. The molecule has 0 fully saturated rings. The van der Waals surface area contributed by atoms with Crippen LogP contribution in [-0.4, -0.2) is 0 Å². The minimum atomic E-state index is -0.281. The van der Waals surface area contributed by atoms with Gasteiger partial charge in [-0.3, -0.25) is 0 Å². The second-order valence-corrected chi connectivity index (χ2v) is 18.0. The summed E-state index contributed by atoms with van der Waals surface area (Å²) in [7, 11) is 0. The molecule has 0 bridgehead atoms. The third-order valence-electron chi connectivity index (χ3n) is 13.4. The molecule has 1 heterocycles. The van der Waals surface area contributed by atoms with Gasteiger partial charge in [-0.25, -0.2) is 0 Å². The molecular weight excluding hydrogens is 791 g/mol. The molecule has 2 heteroatoms. The van der Waals surface area contributed by atoms with E-state index in [1.54, 1.807) is 0 Å². The van der Waals surface area contributed by atoms with Crippen LogP contribution in [0, 0.1) is 0 Å². The van der Waals surface area contributed by atoms with Gasteiger partial charge in [0, 0.05) is 42.5 Å². The lowest BCUT2D eigenvalue weighted by Gasteiger charge is -2.31. The van der Waals surface area contributed by atoms with Gasteiger partial charge in [0.2, 0.25) is 0 Å². The van der Waals surface area contributed by atoms with Crippen LogP contribution in [0.5, 0.6) is 0 Å². The Bertz CT molecular complexity index is 3510. The molecule has 1 nitrogen and oxygen atoms in total. The van der Waals surface area contributed by atoms with Crippen LogP contribution in [-0.2, 0) is 5.41 Å². The SMILES string of the molecule is CC1(c2ccccc2)c2ccccc2-c2cc(N(c3ccc(-c4ccc5c(c4)sc4ccccc45)cc3)c3ccccc3-c3ccccc3-c3ccccc3-c3ccccc3)ccc21. The summed E-state index contributed by atoms with van der Waals surface area (Å²) in [6.07, 6.45) is 0. The summed E-state index contributed by atoms with van der Waals surface area (Å²) in [5.74, 6) is 0. The van der Waals surface area contributed by atoms with Gasteiger partial charge < -0.3 is 4.90 Å². The van der Waals surface area contributed by atoms with E-state index >= 15 is 0 Å². The normalized spacial score (nSPS) is 14.1. The monoisotopic (exact) mass is 833 g/mol. The summed E-state index contributed by atoms with van der Waals surface area (Å²) in [6.45, 7) is 2.39. The molecule has 0 N–H and O–H groups in total. The lowest BCUT2D eigenvalue weighted by Crippen LogP contribution is -2.22. The fourth-order valence-electron chi connectivity index (χ4n) is 10.3. The molecule has 0 aliphatic heterocycles. The largest absolute Gasteiger partial charge is 0.310 e. The summed E-state index contributed by atoms with van der Waals surface area (Å²) in [5.41, 5.74) is 19.1. The van der Waals surface area contributed by atoms with E-state index in [0.717, 1.165) is 22.6 Å². The van der Waals surface area contributed by atoms with E-state index in [0.29, 0.717) is 0 Å². The van der Waals surface area contributed by atoms with Crippen molar-refractivity contribution in [3.63, 3.8) is 0 Å². The predicted molar refractivity (Wildman–Crippen MR) is 273 cm³/mol. The molecule has 302 valence electrons. The lowest BCUT2D eigenvalue weighted by molar-refractivity contribution is 0.714. The molecule has 0 saturated heterocycles. The summed E-state index contributed by atoms with van der Waals surface area (Å²) in [6, 6.07) is 89.3. The minimum Gasteiger partial charge on any atom is -0.310 e. The van der Waals surface area contributed by atoms with Crippen LogP contribution in [0.15, 0.2) is 243 Å². The second kappa shape index (κ2) is 15.5. The number of anilines is 3. The molecule has 64 heavy (non-hydrogen) atoms. The Hall–Kier alpha value is -7.78. The van der Waals surface area contributed by atoms with Gasteiger partial charge >= 0.3 is 0 Å². The molecule has 1 aliphatic rings. The fourth-order valence-corrected chi connectivity index (χ4v) is 11.4. The Balaban J connectivity index is 1.04. The average Bonchev–Trinajstić information content (AvgIpc) is 3.87. The van der Waals surface area contributed by atoms with Crippen molar-refractivity contribution in [1.29, 1.82) is 0 Å². The first kappa shape index (κ1) is 37.9.